The lowest BCUT2D eigenvalue weighted by Crippen LogP contribution is -2.31. The topological polar surface area (TPSA) is 47.6 Å². The van der Waals surface area contributed by atoms with Gasteiger partial charge >= 0.3 is 0 Å². The average Bonchev–Trinajstić information content (AvgIpc) is 2.40. The van der Waals surface area contributed by atoms with E-state index < -0.39 is 0 Å². The van der Waals surface area contributed by atoms with Gasteiger partial charge in [-0.15, -0.1) is 0 Å². The molecule has 1 amide bonds. The second-order valence-corrected chi connectivity index (χ2v) is 4.53. The molecule has 1 aliphatic heterocycles. The van der Waals surface area contributed by atoms with Gasteiger partial charge in [0.1, 0.15) is 0 Å². The maximum atomic E-state index is 11.5. The Hall–Kier alpha value is -0.610. The van der Waals surface area contributed by atoms with Crippen molar-refractivity contribution >= 4 is 5.91 Å². The number of hydrogen-bond acceptors (Lipinski definition) is 3. The molecule has 0 unspecified atom stereocenters. The van der Waals surface area contributed by atoms with Gasteiger partial charge in [-0.1, -0.05) is 13.8 Å². The minimum atomic E-state index is -0.242. The molecule has 1 aliphatic rings. The first-order valence-electron chi connectivity index (χ1n) is 5.52. The fourth-order valence-electron chi connectivity index (χ4n) is 1.73. The second-order valence-electron chi connectivity index (χ2n) is 4.53. The summed E-state index contributed by atoms with van der Waals surface area (Å²) in [5, 5.41) is 2.93. The second kappa shape index (κ2) is 5.47. The van der Waals surface area contributed by atoms with Crippen LogP contribution in [0.1, 0.15) is 27.2 Å². The summed E-state index contributed by atoms with van der Waals surface area (Å²) in [6, 6.07) is 0.161. The van der Waals surface area contributed by atoms with Gasteiger partial charge in [0, 0.05) is 12.0 Å². The molecule has 0 aromatic carbocycles. The number of ether oxygens (including phenoxy) is 2. The Balaban J connectivity index is 2.11. The van der Waals surface area contributed by atoms with Gasteiger partial charge in [0.05, 0.1) is 25.9 Å². The Morgan fingerprint density at radius 2 is 2.07 bits per heavy atom. The number of rotatable bonds is 6. The summed E-state index contributed by atoms with van der Waals surface area (Å²) in [6.45, 7) is 8.41. The quantitative estimate of drug-likeness (QED) is 0.671. The molecule has 0 aliphatic carbocycles. The van der Waals surface area contributed by atoms with Crippen molar-refractivity contribution in [1.29, 1.82) is 0 Å². The standard InChI is InChI=1S/C11H21NO3/c1-4-14-5-6-15-8-9-7-11(2,3)10(13)12-9/h9H,4-8H2,1-3H3,(H,12,13)/t9-/m1/s1. The van der Waals surface area contributed by atoms with Gasteiger partial charge in [-0.25, -0.2) is 0 Å². The molecule has 0 bridgehead atoms. The van der Waals surface area contributed by atoms with Gasteiger partial charge in [-0.2, -0.15) is 0 Å². The molecule has 1 saturated heterocycles. The third kappa shape index (κ3) is 3.80. The van der Waals surface area contributed by atoms with Crippen LogP contribution in [0.15, 0.2) is 0 Å². The zero-order valence-electron chi connectivity index (χ0n) is 9.84. The minimum absolute atomic E-state index is 0.126. The zero-order chi connectivity index (χ0) is 11.3. The van der Waals surface area contributed by atoms with E-state index in [9.17, 15) is 4.79 Å². The van der Waals surface area contributed by atoms with E-state index in [1.165, 1.54) is 0 Å². The van der Waals surface area contributed by atoms with E-state index in [2.05, 4.69) is 5.32 Å². The molecule has 0 saturated carbocycles. The van der Waals surface area contributed by atoms with Crippen molar-refractivity contribution in [2.24, 2.45) is 5.41 Å². The van der Waals surface area contributed by atoms with E-state index in [4.69, 9.17) is 9.47 Å². The molecule has 1 atom stereocenters. The van der Waals surface area contributed by atoms with Crippen LogP contribution in [0.5, 0.6) is 0 Å². The lowest BCUT2D eigenvalue weighted by molar-refractivity contribution is -0.126. The van der Waals surface area contributed by atoms with E-state index >= 15 is 0 Å². The predicted octanol–water partition coefficient (Wildman–Crippen LogP) is 0.954. The molecule has 0 aromatic rings. The van der Waals surface area contributed by atoms with Crippen LogP contribution in [0.4, 0.5) is 0 Å². The molecular formula is C11H21NO3. The summed E-state index contributed by atoms with van der Waals surface area (Å²) in [4.78, 5) is 11.5. The number of nitrogens with one attached hydrogen (secondary N) is 1. The summed E-state index contributed by atoms with van der Waals surface area (Å²) >= 11 is 0. The number of amides is 1. The molecule has 1 heterocycles. The Morgan fingerprint density at radius 3 is 2.60 bits per heavy atom. The van der Waals surface area contributed by atoms with Gasteiger partial charge in [0.2, 0.25) is 5.91 Å². The molecular weight excluding hydrogens is 194 g/mol. The van der Waals surface area contributed by atoms with Crippen molar-refractivity contribution in [1.82, 2.24) is 5.32 Å². The van der Waals surface area contributed by atoms with Crippen molar-refractivity contribution in [2.75, 3.05) is 26.4 Å². The smallest absolute Gasteiger partial charge is 0.226 e. The minimum Gasteiger partial charge on any atom is -0.379 e. The number of carbonyl (C=O) groups excluding carboxylic acids is 1. The van der Waals surface area contributed by atoms with E-state index in [0.717, 1.165) is 13.0 Å². The fraction of sp³-hybridized carbons (Fsp3) is 0.909. The highest BCUT2D eigenvalue weighted by molar-refractivity contribution is 5.84. The molecule has 0 spiro atoms. The van der Waals surface area contributed by atoms with E-state index in [-0.39, 0.29) is 17.4 Å². The highest BCUT2D eigenvalue weighted by Gasteiger charge is 2.38. The molecule has 1 fully saturated rings. The third-order valence-electron chi connectivity index (χ3n) is 2.60. The van der Waals surface area contributed by atoms with Gasteiger partial charge in [0.25, 0.3) is 0 Å². The third-order valence-corrected chi connectivity index (χ3v) is 2.60. The Morgan fingerprint density at radius 1 is 1.40 bits per heavy atom. The molecule has 88 valence electrons. The SMILES string of the molecule is CCOCCOC[C@H]1CC(C)(C)C(=O)N1. The summed E-state index contributed by atoms with van der Waals surface area (Å²) < 4.78 is 10.6. The number of carbonyl (C=O) groups is 1. The normalized spacial score (nSPS) is 24.2. The molecule has 0 aromatic heterocycles. The molecule has 4 nitrogen and oxygen atoms in total. The maximum absolute atomic E-state index is 11.5. The van der Waals surface area contributed by atoms with Gasteiger partial charge in [-0.3, -0.25) is 4.79 Å². The highest BCUT2D eigenvalue weighted by Crippen LogP contribution is 2.28. The van der Waals surface area contributed by atoms with Crippen LogP contribution in [0.2, 0.25) is 0 Å². The summed E-state index contributed by atoms with van der Waals surface area (Å²) in [7, 11) is 0. The summed E-state index contributed by atoms with van der Waals surface area (Å²) in [5.41, 5.74) is -0.242. The summed E-state index contributed by atoms with van der Waals surface area (Å²) in [5.74, 6) is 0.126. The summed E-state index contributed by atoms with van der Waals surface area (Å²) in [6.07, 6.45) is 0.848. The largest absolute Gasteiger partial charge is 0.379 e. The first-order chi connectivity index (χ1) is 7.06. The molecule has 1 N–H and O–H groups in total. The maximum Gasteiger partial charge on any atom is 0.226 e. The fourth-order valence-corrected chi connectivity index (χ4v) is 1.73. The molecule has 15 heavy (non-hydrogen) atoms. The predicted molar refractivity (Wildman–Crippen MR) is 57.6 cm³/mol. The van der Waals surface area contributed by atoms with Crippen molar-refractivity contribution in [3.05, 3.63) is 0 Å². The number of hydrogen-bond donors (Lipinski definition) is 1. The molecule has 4 heteroatoms. The Bertz CT molecular complexity index is 216. The van der Waals surface area contributed by atoms with Gasteiger partial charge in [0.15, 0.2) is 0 Å². The van der Waals surface area contributed by atoms with Crippen LogP contribution in [0.3, 0.4) is 0 Å². The highest BCUT2D eigenvalue weighted by atomic mass is 16.5. The van der Waals surface area contributed by atoms with Crippen molar-refractivity contribution < 1.29 is 14.3 Å². The molecule has 1 rings (SSSR count). The average molecular weight is 215 g/mol. The first-order valence-corrected chi connectivity index (χ1v) is 5.52. The van der Waals surface area contributed by atoms with Crippen LogP contribution in [-0.4, -0.2) is 38.4 Å². The van der Waals surface area contributed by atoms with Crippen LogP contribution in [-0.2, 0) is 14.3 Å². The van der Waals surface area contributed by atoms with Gasteiger partial charge < -0.3 is 14.8 Å². The van der Waals surface area contributed by atoms with Crippen LogP contribution in [0, 0.1) is 5.41 Å². The monoisotopic (exact) mass is 215 g/mol. The van der Waals surface area contributed by atoms with Crippen LogP contribution in [0.25, 0.3) is 0 Å². The van der Waals surface area contributed by atoms with E-state index in [1.54, 1.807) is 0 Å². The van der Waals surface area contributed by atoms with Gasteiger partial charge in [-0.05, 0) is 13.3 Å². The lowest BCUT2D eigenvalue weighted by atomic mass is 9.90. The van der Waals surface area contributed by atoms with Crippen molar-refractivity contribution in [3.8, 4) is 0 Å². The molecule has 0 radical (unpaired) electrons. The lowest BCUT2D eigenvalue weighted by Gasteiger charge is -2.13. The van der Waals surface area contributed by atoms with E-state index in [1.807, 2.05) is 20.8 Å². The Kier molecular flexibility index (Phi) is 4.54. The van der Waals surface area contributed by atoms with Crippen molar-refractivity contribution in [2.45, 2.75) is 33.2 Å². The van der Waals surface area contributed by atoms with Crippen LogP contribution >= 0.6 is 0 Å². The van der Waals surface area contributed by atoms with E-state index in [0.29, 0.717) is 19.8 Å². The Labute approximate surface area is 91.3 Å². The first kappa shape index (κ1) is 12.5. The zero-order valence-corrected chi connectivity index (χ0v) is 9.84. The van der Waals surface area contributed by atoms with Crippen LogP contribution < -0.4 is 5.32 Å². The van der Waals surface area contributed by atoms with Crippen molar-refractivity contribution in [3.63, 3.8) is 0 Å².